The van der Waals surface area contributed by atoms with E-state index in [1.165, 1.54) is 0 Å². The Bertz CT molecular complexity index is 629. The highest BCUT2D eigenvalue weighted by Gasteiger charge is 2.58. The fraction of sp³-hybridized carbons (Fsp3) is 0.688. The smallest absolute Gasteiger partial charge is 0.260 e. The highest BCUT2D eigenvalue weighted by molar-refractivity contribution is 5.88. The summed E-state index contributed by atoms with van der Waals surface area (Å²) in [5.74, 6) is 0.138. The molecule has 7 heteroatoms. The molecular formula is C16H20FN3O3. The number of likely N-dealkylation sites (tertiary alicyclic amines) is 1. The molecule has 23 heavy (non-hydrogen) atoms. The van der Waals surface area contributed by atoms with Crippen LogP contribution in [-0.4, -0.2) is 57.8 Å². The Labute approximate surface area is 134 Å². The van der Waals surface area contributed by atoms with Crippen LogP contribution >= 0.6 is 0 Å². The van der Waals surface area contributed by atoms with Crippen molar-refractivity contribution in [1.82, 2.24) is 14.9 Å². The average molecular weight is 321 g/mol. The number of hydrogen-bond donors (Lipinski definition) is 0. The molecule has 2 saturated heterocycles. The van der Waals surface area contributed by atoms with Crippen LogP contribution in [0.15, 0.2) is 12.4 Å². The van der Waals surface area contributed by atoms with Gasteiger partial charge in [0.2, 0.25) is 5.88 Å². The highest BCUT2D eigenvalue weighted by atomic mass is 19.1. The molecule has 3 aliphatic rings. The number of ether oxygens (including phenoxy) is 2. The summed E-state index contributed by atoms with van der Waals surface area (Å²) in [6.45, 7) is 3.35. The van der Waals surface area contributed by atoms with Crippen LogP contribution in [0.5, 0.6) is 5.88 Å². The number of carbonyl (C=O) groups is 1. The maximum absolute atomic E-state index is 13.9. The highest BCUT2D eigenvalue weighted by Crippen LogP contribution is 2.44. The number of aromatic nitrogens is 2. The standard InChI is InChI=1S/C16H20FN3O3/c1-11-7-18-8-13(19-11)23-12-2-5-22-15(6-12)9-20(10-15)14(21)16(17)3-4-16/h7-8,12H,2-6,9-10H2,1H3. The Morgan fingerprint density at radius 2 is 2.22 bits per heavy atom. The van der Waals surface area contributed by atoms with Gasteiger partial charge in [-0.1, -0.05) is 0 Å². The predicted molar refractivity (Wildman–Crippen MR) is 78.8 cm³/mol. The van der Waals surface area contributed by atoms with Gasteiger partial charge in [0.25, 0.3) is 5.91 Å². The van der Waals surface area contributed by atoms with Crippen LogP contribution in [0.2, 0.25) is 0 Å². The summed E-state index contributed by atoms with van der Waals surface area (Å²) in [5.41, 5.74) is -1.17. The van der Waals surface area contributed by atoms with Gasteiger partial charge < -0.3 is 14.4 Å². The molecule has 0 bridgehead atoms. The molecule has 0 radical (unpaired) electrons. The number of carbonyl (C=O) groups excluding carboxylic acids is 1. The van der Waals surface area contributed by atoms with Gasteiger partial charge in [-0.15, -0.1) is 0 Å². The first-order valence-electron chi connectivity index (χ1n) is 8.06. The lowest BCUT2D eigenvalue weighted by atomic mass is 9.84. The Balaban J connectivity index is 1.36. The number of aryl methyl sites for hydroxylation is 1. The van der Waals surface area contributed by atoms with Crippen LogP contribution < -0.4 is 4.74 Å². The molecule has 3 heterocycles. The maximum Gasteiger partial charge on any atom is 0.260 e. The molecule has 6 nitrogen and oxygen atoms in total. The van der Waals surface area contributed by atoms with Crippen molar-refractivity contribution >= 4 is 5.91 Å². The van der Waals surface area contributed by atoms with Gasteiger partial charge in [-0.05, 0) is 19.8 Å². The van der Waals surface area contributed by atoms with E-state index >= 15 is 0 Å². The molecule has 1 aromatic heterocycles. The molecule has 1 atom stereocenters. The summed E-state index contributed by atoms with van der Waals surface area (Å²) < 4.78 is 25.6. The minimum Gasteiger partial charge on any atom is -0.473 e. The summed E-state index contributed by atoms with van der Waals surface area (Å²) in [5, 5.41) is 0. The van der Waals surface area contributed by atoms with Crippen LogP contribution in [-0.2, 0) is 9.53 Å². The molecule has 2 aliphatic heterocycles. The molecule has 124 valence electrons. The third kappa shape index (κ3) is 2.78. The molecular weight excluding hydrogens is 301 g/mol. The monoisotopic (exact) mass is 321 g/mol. The lowest BCUT2D eigenvalue weighted by molar-refractivity contribution is -0.196. The molecule has 1 aliphatic carbocycles. The lowest BCUT2D eigenvalue weighted by Gasteiger charge is -2.53. The van der Waals surface area contributed by atoms with Gasteiger partial charge in [-0.3, -0.25) is 9.78 Å². The van der Waals surface area contributed by atoms with Gasteiger partial charge in [0.15, 0.2) is 5.67 Å². The summed E-state index contributed by atoms with van der Waals surface area (Å²) in [6, 6.07) is 0. The Morgan fingerprint density at radius 1 is 1.43 bits per heavy atom. The third-order valence-corrected chi connectivity index (χ3v) is 4.79. The minimum atomic E-state index is -1.59. The summed E-state index contributed by atoms with van der Waals surface area (Å²) in [4.78, 5) is 21.9. The molecule has 1 spiro atoms. The van der Waals surface area contributed by atoms with E-state index in [4.69, 9.17) is 9.47 Å². The summed E-state index contributed by atoms with van der Waals surface area (Å²) >= 11 is 0. The topological polar surface area (TPSA) is 64.6 Å². The van der Waals surface area contributed by atoms with Crippen molar-refractivity contribution in [3.05, 3.63) is 18.1 Å². The van der Waals surface area contributed by atoms with Crippen LogP contribution in [0.4, 0.5) is 4.39 Å². The van der Waals surface area contributed by atoms with Gasteiger partial charge >= 0.3 is 0 Å². The zero-order valence-electron chi connectivity index (χ0n) is 13.1. The first kappa shape index (κ1) is 14.8. The molecule has 1 aromatic rings. The van der Waals surface area contributed by atoms with Crippen molar-refractivity contribution < 1.29 is 18.7 Å². The van der Waals surface area contributed by atoms with E-state index in [0.29, 0.717) is 44.8 Å². The first-order chi connectivity index (χ1) is 11.0. The second kappa shape index (κ2) is 5.12. The maximum atomic E-state index is 13.9. The van der Waals surface area contributed by atoms with E-state index in [9.17, 15) is 9.18 Å². The quantitative estimate of drug-likeness (QED) is 0.842. The Kier molecular flexibility index (Phi) is 3.30. The van der Waals surface area contributed by atoms with E-state index in [1.54, 1.807) is 17.3 Å². The second-order valence-electron chi connectivity index (χ2n) is 6.89. The molecule has 0 N–H and O–H groups in total. The van der Waals surface area contributed by atoms with Gasteiger partial charge in [0.1, 0.15) is 11.7 Å². The van der Waals surface area contributed by atoms with E-state index in [0.717, 1.165) is 12.1 Å². The van der Waals surface area contributed by atoms with E-state index in [1.807, 2.05) is 6.92 Å². The van der Waals surface area contributed by atoms with Gasteiger partial charge in [0, 0.05) is 19.0 Å². The summed E-state index contributed by atoms with van der Waals surface area (Å²) in [6.07, 6.45) is 5.44. The van der Waals surface area contributed by atoms with E-state index in [2.05, 4.69) is 9.97 Å². The minimum absolute atomic E-state index is 0.0163. The van der Waals surface area contributed by atoms with Crippen molar-refractivity contribution in [2.24, 2.45) is 0 Å². The number of rotatable bonds is 3. The van der Waals surface area contributed by atoms with Crippen molar-refractivity contribution in [3.8, 4) is 5.88 Å². The number of halogens is 1. The Hall–Kier alpha value is -1.76. The molecule has 0 aromatic carbocycles. The third-order valence-electron chi connectivity index (χ3n) is 4.79. The number of alkyl halides is 1. The molecule has 1 unspecified atom stereocenters. The van der Waals surface area contributed by atoms with Crippen LogP contribution in [0.25, 0.3) is 0 Å². The van der Waals surface area contributed by atoms with Crippen molar-refractivity contribution in [2.75, 3.05) is 19.7 Å². The van der Waals surface area contributed by atoms with Crippen molar-refractivity contribution in [1.29, 1.82) is 0 Å². The van der Waals surface area contributed by atoms with Gasteiger partial charge in [-0.25, -0.2) is 9.37 Å². The SMILES string of the molecule is Cc1cncc(OC2CCOC3(C2)CN(C(=O)C2(F)CC2)C3)n1. The van der Waals surface area contributed by atoms with E-state index < -0.39 is 5.67 Å². The second-order valence-corrected chi connectivity index (χ2v) is 6.89. The fourth-order valence-corrected chi connectivity index (χ4v) is 3.37. The lowest BCUT2D eigenvalue weighted by Crippen LogP contribution is -2.68. The van der Waals surface area contributed by atoms with Crippen molar-refractivity contribution in [2.45, 2.75) is 50.0 Å². The molecule has 4 rings (SSSR count). The number of amides is 1. The van der Waals surface area contributed by atoms with Gasteiger partial charge in [-0.2, -0.15) is 0 Å². The summed E-state index contributed by atoms with van der Waals surface area (Å²) in [7, 11) is 0. The molecule has 1 amide bonds. The largest absolute Gasteiger partial charge is 0.473 e. The predicted octanol–water partition coefficient (Wildman–Crippen LogP) is 1.43. The van der Waals surface area contributed by atoms with Crippen molar-refractivity contribution in [3.63, 3.8) is 0 Å². The fourth-order valence-electron chi connectivity index (χ4n) is 3.37. The van der Waals surface area contributed by atoms with E-state index in [-0.39, 0.29) is 17.6 Å². The van der Waals surface area contributed by atoms with Crippen LogP contribution in [0, 0.1) is 6.92 Å². The first-order valence-corrected chi connectivity index (χ1v) is 8.06. The number of nitrogens with zero attached hydrogens (tertiary/aromatic N) is 3. The van der Waals surface area contributed by atoms with Crippen LogP contribution in [0.1, 0.15) is 31.4 Å². The zero-order valence-corrected chi connectivity index (χ0v) is 13.1. The normalized spacial score (nSPS) is 27.4. The average Bonchev–Trinajstić information content (AvgIpc) is 3.23. The Morgan fingerprint density at radius 3 is 2.91 bits per heavy atom. The molecule has 1 saturated carbocycles. The zero-order chi connectivity index (χ0) is 16.1. The number of hydrogen-bond acceptors (Lipinski definition) is 5. The van der Waals surface area contributed by atoms with Crippen LogP contribution in [0.3, 0.4) is 0 Å². The van der Waals surface area contributed by atoms with Gasteiger partial charge in [0.05, 0.1) is 31.6 Å². The molecule has 3 fully saturated rings.